The van der Waals surface area contributed by atoms with Gasteiger partial charge in [-0.15, -0.1) is 0 Å². The Balaban J connectivity index is 1.93. The van der Waals surface area contributed by atoms with E-state index < -0.39 is 21.7 Å². The van der Waals surface area contributed by atoms with Gasteiger partial charge in [-0.05, 0) is 42.8 Å². The number of aryl methyl sites for hydroxylation is 1. The summed E-state index contributed by atoms with van der Waals surface area (Å²) >= 11 is 6.34. The Bertz CT molecular complexity index is 1430. The van der Waals surface area contributed by atoms with E-state index in [1.54, 1.807) is 60.7 Å². The zero-order valence-electron chi connectivity index (χ0n) is 16.4. The van der Waals surface area contributed by atoms with Crippen LogP contribution in [0.25, 0.3) is 11.0 Å². The minimum Gasteiger partial charge on any atom is -0.507 e. The van der Waals surface area contributed by atoms with Crippen molar-refractivity contribution in [1.82, 2.24) is 4.72 Å². The molecular formula is C23H18ClNO5S. The van der Waals surface area contributed by atoms with Gasteiger partial charge in [0.1, 0.15) is 16.9 Å². The van der Waals surface area contributed by atoms with Crippen LogP contribution < -0.4 is 10.3 Å². The third kappa shape index (κ3) is 4.07. The molecule has 1 heterocycles. The number of hydrogen-bond acceptors (Lipinski definition) is 5. The van der Waals surface area contributed by atoms with Crippen molar-refractivity contribution in [2.24, 2.45) is 0 Å². The highest BCUT2D eigenvalue weighted by Crippen LogP contribution is 2.36. The maximum absolute atomic E-state index is 13.1. The van der Waals surface area contributed by atoms with Gasteiger partial charge in [-0.3, -0.25) is 0 Å². The Morgan fingerprint density at radius 2 is 1.61 bits per heavy atom. The number of hydrogen-bond donors (Lipinski definition) is 2. The second kappa shape index (κ2) is 8.19. The van der Waals surface area contributed by atoms with Crippen molar-refractivity contribution in [1.29, 1.82) is 0 Å². The van der Waals surface area contributed by atoms with Gasteiger partial charge < -0.3 is 9.52 Å². The molecule has 8 heteroatoms. The molecule has 31 heavy (non-hydrogen) atoms. The van der Waals surface area contributed by atoms with Crippen LogP contribution in [0.2, 0.25) is 5.02 Å². The molecule has 1 atom stereocenters. The molecular weight excluding hydrogens is 438 g/mol. The van der Waals surface area contributed by atoms with Gasteiger partial charge in [0.2, 0.25) is 10.0 Å². The number of halogens is 1. The number of rotatable bonds is 5. The SMILES string of the molecule is Cc1ccc(S(=O)(=O)N[C@@H](c2ccccc2Cl)c2c(O)c3ccccc3oc2=O)cc1. The normalized spacial score (nSPS) is 12.7. The van der Waals surface area contributed by atoms with Crippen LogP contribution in [0.15, 0.2) is 86.9 Å². The molecule has 0 saturated heterocycles. The molecule has 0 amide bonds. The van der Waals surface area contributed by atoms with Gasteiger partial charge in [-0.2, -0.15) is 4.72 Å². The van der Waals surface area contributed by atoms with E-state index in [1.807, 2.05) is 6.92 Å². The first-order valence-corrected chi connectivity index (χ1v) is 11.2. The predicted molar refractivity (Wildman–Crippen MR) is 119 cm³/mol. The van der Waals surface area contributed by atoms with E-state index in [1.165, 1.54) is 12.1 Å². The molecule has 4 rings (SSSR count). The first-order valence-electron chi connectivity index (χ1n) is 9.36. The van der Waals surface area contributed by atoms with Crippen LogP contribution in [-0.2, 0) is 10.0 Å². The maximum Gasteiger partial charge on any atom is 0.345 e. The van der Waals surface area contributed by atoms with Crippen LogP contribution in [0.3, 0.4) is 0 Å². The zero-order valence-corrected chi connectivity index (χ0v) is 17.9. The average Bonchev–Trinajstić information content (AvgIpc) is 2.74. The molecule has 3 aromatic carbocycles. The Hall–Kier alpha value is -3.13. The number of fused-ring (bicyclic) bond motifs is 1. The van der Waals surface area contributed by atoms with Gasteiger partial charge in [0.15, 0.2) is 0 Å². The topological polar surface area (TPSA) is 96.6 Å². The maximum atomic E-state index is 13.1. The van der Waals surface area contributed by atoms with E-state index in [0.29, 0.717) is 5.56 Å². The molecule has 0 aliphatic carbocycles. The molecule has 0 saturated carbocycles. The Morgan fingerprint density at radius 3 is 2.32 bits per heavy atom. The van der Waals surface area contributed by atoms with Gasteiger partial charge in [0.25, 0.3) is 0 Å². The van der Waals surface area contributed by atoms with Crippen molar-refractivity contribution in [2.45, 2.75) is 17.9 Å². The van der Waals surface area contributed by atoms with Crippen molar-refractivity contribution >= 4 is 32.6 Å². The second-order valence-corrected chi connectivity index (χ2v) is 9.16. The number of benzene rings is 3. The lowest BCUT2D eigenvalue weighted by Crippen LogP contribution is -2.32. The summed E-state index contributed by atoms with van der Waals surface area (Å²) in [6.07, 6.45) is 0. The predicted octanol–water partition coefficient (Wildman–Crippen LogP) is 4.53. The summed E-state index contributed by atoms with van der Waals surface area (Å²) in [5, 5.41) is 11.4. The molecule has 2 N–H and O–H groups in total. The Labute approximate surface area is 183 Å². The van der Waals surface area contributed by atoms with E-state index in [2.05, 4.69) is 4.72 Å². The Kier molecular flexibility index (Phi) is 5.58. The lowest BCUT2D eigenvalue weighted by molar-refractivity contribution is 0.448. The summed E-state index contributed by atoms with van der Waals surface area (Å²) in [4.78, 5) is 12.9. The highest BCUT2D eigenvalue weighted by atomic mass is 35.5. The Morgan fingerprint density at radius 1 is 0.968 bits per heavy atom. The molecule has 4 aromatic rings. The summed E-state index contributed by atoms with van der Waals surface area (Å²) in [6.45, 7) is 1.84. The van der Waals surface area contributed by atoms with Gasteiger partial charge in [0, 0.05) is 5.02 Å². The fourth-order valence-electron chi connectivity index (χ4n) is 3.33. The first-order chi connectivity index (χ1) is 14.8. The van der Waals surface area contributed by atoms with Crippen molar-refractivity contribution < 1.29 is 17.9 Å². The molecule has 0 spiro atoms. The van der Waals surface area contributed by atoms with E-state index in [-0.39, 0.29) is 32.2 Å². The van der Waals surface area contributed by atoms with Crippen molar-refractivity contribution in [3.8, 4) is 5.75 Å². The fraction of sp³-hybridized carbons (Fsp3) is 0.0870. The minimum atomic E-state index is -4.08. The summed E-state index contributed by atoms with van der Waals surface area (Å²) in [7, 11) is -4.08. The molecule has 0 aliphatic heterocycles. The molecule has 158 valence electrons. The van der Waals surface area contributed by atoms with Gasteiger partial charge >= 0.3 is 5.63 Å². The average molecular weight is 456 g/mol. The first kappa shape index (κ1) is 21.1. The highest BCUT2D eigenvalue weighted by Gasteiger charge is 2.30. The number of nitrogens with one attached hydrogen (secondary N) is 1. The molecule has 0 bridgehead atoms. The highest BCUT2D eigenvalue weighted by molar-refractivity contribution is 7.89. The molecule has 6 nitrogen and oxygen atoms in total. The van der Waals surface area contributed by atoms with Gasteiger partial charge in [-0.1, -0.05) is 59.6 Å². The van der Waals surface area contributed by atoms with Crippen LogP contribution >= 0.6 is 11.6 Å². The van der Waals surface area contributed by atoms with E-state index in [9.17, 15) is 18.3 Å². The van der Waals surface area contributed by atoms with Crippen LogP contribution in [0.1, 0.15) is 22.7 Å². The monoisotopic (exact) mass is 455 g/mol. The molecule has 1 aromatic heterocycles. The summed E-state index contributed by atoms with van der Waals surface area (Å²) < 4.78 is 34.1. The lowest BCUT2D eigenvalue weighted by atomic mass is 9.99. The summed E-state index contributed by atoms with van der Waals surface area (Å²) in [6, 6.07) is 17.9. The smallest absolute Gasteiger partial charge is 0.345 e. The molecule has 0 unspecified atom stereocenters. The second-order valence-electron chi connectivity index (χ2n) is 7.04. The van der Waals surface area contributed by atoms with Crippen LogP contribution in [0, 0.1) is 6.92 Å². The van der Waals surface area contributed by atoms with Gasteiger partial charge in [0.05, 0.1) is 16.3 Å². The van der Waals surface area contributed by atoms with Crippen LogP contribution in [0.4, 0.5) is 0 Å². The third-order valence-electron chi connectivity index (χ3n) is 4.93. The summed E-state index contributed by atoms with van der Waals surface area (Å²) in [5.74, 6) is -0.372. The molecule has 0 fully saturated rings. The van der Waals surface area contributed by atoms with E-state index >= 15 is 0 Å². The zero-order chi connectivity index (χ0) is 22.2. The van der Waals surface area contributed by atoms with Crippen molar-refractivity contribution in [2.75, 3.05) is 0 Å². The van der Waals surface area contributed by atoms with Crippen LogP contribution in [0.5, 0.6) is 5.75 Å². The number of sulfonamides is 1. The molecule has 0 aliphatic rings. The standard InChI is InChI=1S/C23H18ClNO5S/c1-14-10-12-15(13-11-14)31(28,29)25-21(16-6-2-4-8-18(16)24)20-22(26)17-7-3-5-9-19(17)30-23(20)27/h2-13,21,25-26H,1H3/t21-/m0/s1. The quantitative estimate of drug-likeness (QED) is 0.431. The van der Waals surface area contributed by atoms with E-state index in [4.69, 9.17) is 16.0 Å². The fourth-order valence-corrected chi connectivity index (χ4v) is 4.76. The lowest BCUT2D eigenvalue weighted by Gasteiger charge is -2.21. The molecule has 0 radical (unpaired) electrons. The summed E-state index contributed by atoms with van der Waals surface area (Å²) in [5.41, 5.74) is 0.274. The van der Waals surface area contributed by atoms with Gasteiger partial charge in [-0.25, -0.2) is 13.2 Å². The van der Waals surface area contributed by atoms with Crippen molar-refractivity contribution in [3.05, 3.63) is 105 Å². The van der Waals surface area contributed by atoms with Crippen LogP contribution in [-0.4, -0.2) is 13.5 Å². The van der Waals surface area contributed by atoms with E-state index in [0.717, 1.165) is 5.56 Å². The third-order valence-corrected chi connectivity index (χ3v) is 6.71. The largest absolute Gasteiger partial charge is 0.507 e. The number of para-hydroxylation sites is 1. The number of aromatic hydroxyl groups is 1. The minimum absolute atomic E-state index is 0.0137. The van der Waals surface area contributed by atoms with Crippen molar-refractivity contribution in [3.63, 3.8) is 0 Å².